The van der Waals surface area contributed by atoms with Crippen LogP contribution in [0.5, 0.6) is 0 Å². The number of benzene rings is 13. The summed E-state index contributed by atoms with van der Waals surface area (Å²) in [6.45, 7) is 0. The molecule has 0 aliphatic carbocycles. The van der Waals surface area contributed by atoms with Crippen molar-refractivity contribution in [3.05, 3.63) is 303 Å². The lowest BCUT2D eigenvalue weighted by Crippen LogP contribution is -2.11. The number of anilines is 3. The van der Waals surface area contributed by atoms with E-state index in [9.17, 15) is 0 Å². The summed E-state index contributed by atoms with van der Waals surface area (Å²) in [5, 5.41) is 9.87. The second-order valence-electron chi connectivity index (χ2n) is 20.9. The third-order valence-corrected chi connectivity index (χ3v) is 16.5. The monoisotopic (exact) mass is 1020 g/mol. The maximum atomic E-state index is 2.44. The molecule has 0 radical (unpaired) electrons. The highest BCUT2D eigenvalue weighted by atomic mass is 15.1. The molecule has 0 amide bonds. The van der Waals surface area contributed by atoms with Crippen LogP contribution in [0.1, 0.15) is 0 Å². The van der Waals surface area contributed by atoms with E-state index in [0.29, 0.717) is 0 Å². The molecule has 16 aromatic rings. The summed E-state index contributed by atoms with van der Waals surface area (Å²) in [5.41, 5.74) is 21.0. The van der Waals surface area contributed by atoms with Gasteiger partial charge in [-0.25, -0.2) is 0 Å². The molecule has 0 saturated heterocycles. The fourth-order valence-electron chi connectivity index (χ4n) is 12.7. The number of hydrogen-bond acceptors (Lipinski definition) is 1. The van der Waals surface area contributed by atoms with Gasteiger partial charge in [0.1, 0.15) is 0 Å². The molecule has 0 atom stereocenters. The minimum atomic E-state index is 1.08. The molecule has 16 rings (SSSR count). The molecule has 3 heterocycles. The minimum absolute atomic E-state index is 1.08. The third-order valence-electron chi connectivity index (χ3n) is 16.5. The average Bonchev–Trinajstić information content (AvgIpc) is 4.29. The molecule has 4 heteroatoms. The van der Waals surface area contributed by atoms with Gasteiger partial charge in [-0.05, 0) is 137 Å². The van der Waals surface area contributed by atoms with Crippen molar-refractivity contribution >= 4 is 93.3 Å². The van der Waals surface area contributed by atoms with E-state index in [0.717, 1.165) is 39.6 Å². The molecular formula is C76H50N4. The highest BCUT2D eigenvalue weighted by molar-refractivity contribution is 6.13. The zero-order valence-electron chi connectivity index (χ0n) is 43.7. The Bertz CT molecular complexity index is 4920. The predicted molar refractivity (Wildman–Crippen MR) is 338 cm³/mol. The molecule has 0 bridgehead atoms. The van der Waals surface area contributed by atoms with Crippen molar-refractivity contribution < 1.29 is 0 Å². The summed E-state index contributed by atoms with van der Waals surface area (Å²) >= 11 is 0. The Labute approximate surface area is 463 Å². The van der Waals surface area contributed by atoms with Crippen LogP contribution in [0.3, 0.4) is 0 Å². The lowest BCUT2D eigenvalue weighted by Gasteiger charge is -2.28. The second kappa shape index (κ2) is 18.5. The largest absolute Gasteiger partial charge is 0.310 e. The minimum Gasteiger partial charge on any atom is -0.310 e. The molecule has 0 unspecified atom stereocenters. The lowest BCUT2D eigenvalue weighted by atomic mass is 9.98. The van der Waals surface area contributed by atoms with Crippen LogP contribution in [0.4, 0.5) is 17.1 Å². The first-order chi connectivity index (χ1) is 39.7. The van der Waals surface area contributed by atoms with Crippen LogP contribution >= 0.6 is 0 Å². The van der Waals surface area contributed by atoms with E-state index in [-0.39, 0.29) is 0 Å². The van der Waals surface area contributed by atoms with Crippen LogP contribution in [-0.2, 0) is 0 Å². The first-order valence-electron chi connectivity index (χ1n) is 27.5. The summed E-state index contributed by atoms with van der Waals surface area (Å²) < 4.78 is 7.18. The SMILES string of the molecule is c1ccc(-n2c3ccccc3c3cc(-c4ccc(-c5ccc(N(c6ccc(-c7ccc(-n8c9ccccc9c9ccccc98)cc7)cc6)c6ccc(-n7c8ccccc8c8ccccc87)c7ccccc67)cc5)cc4)ccc32)cc1. The van der Waals surface area contributed by atoms with Gasteiger partial charge in [0.15, 0.2) is 0 Å². The summed E-state index contributed by atoms with van der Waals surface area (Å²) in [6, 6.07) is 111. The number of para-hydroxylation sites is 6. The van der Waals surface area contributed by atoms with Crippen LogP contribution < -0.4 is 4.90 Å². The first kappa shape index (κ1) is 45.5. The molecule has 374 valence electrons. The van der Waals surface area contributed by atoms with Crippen LogP contribution in [0.2, 0.25) is 0 Å². The van der Waals surface area contributed by atoms with Crippen LogP contribution in [-0.4, -0.2) is 13.7 Å². The van der Waals surface area contributed by atoms with Crippen molar-refractivity contribution in [2.45, 2.75) is 0 Å². The fourth-order valence-corrected chi connectivity index (χ4v) is 12.7. The van der Waals surface area contributed by atoms with Crippen molar-refractivity contribution in [2.24, 2.45) is 0 Å². The molecule has 0 saturated carbocycles. The standard InChI is InChI=1S/C76H50N4/c1-2-16-57(17-3-1)78-71-27-13-10-24-67(71)68-50-56(40-47-76(68)78)55-32-30-51(31-33-55)52-34-41-58(42-35-52)77(74-48-49-75(66-19-5-4-18-65(66)74)80-72-28-14-8-22-63(72)64-23-9-15-29-73(64)80)59-43-36-53(37-44-59)54-38-45-60(46-39-54)79-69-25-11-6-20-61(69)62-21-7-12-26-70(62)79/h1-50H. The van der Waals surface area contributed by atoms with Crippen molar-refractivity contribution in [3.63, 3.8) is 0 Å². The average molecular weight is 1020 g/mol. The van der Waals surface area contributed by atoms with Gasteiger partial charge in [-0.3, -0.25) is 0 Å². The number of hydrogen-bond donors (Lipinski definition) is 0. The van der Waals surface area contributed by atoms with Crippen LogP contribution in [0.25, 0.3) is 127 Å². The normalized spacial score (nSPS) is 11.8. The Morgan fingerprint density at radius 2 is 0.525 bits per heavy atom. The molecule has 80 heavy (non-hydrogen) atoms. The second-order valence-corrected chi connectivity index (χ2v) is 20.9. The van der Waals surface area contributed by atoms with E-state index in [1.54, 1.807) is 0 Å². The Hall–Kier alpha value is -10.7. The van der Waals surface area contributed by atoms with Gasteiger partial charge in [0.2, 0.25) is 0 Å². The van der Waals surface area contributed by atoms with Crippen molar-refractivity contribution in [3.8, 4) is 50.4 Å². The number of rotatable bonds is 9. The first-order valence-corrected chi connectivity index (χ1v) is 27.5. The number of fused-ring (bicyclic) bond motifs is 10. The van der Waals surface area contributed by atoms with Crippen LogP contribution in [0.15, 0.2) is 303 Å². The summed E-state index contributed by atoms with van der Waals surface area (Å²) in [6.07, 6.45) is 0. The Morgan fingerprint density at radius 3 is 1.00 bits per heavy atom. The van der Waals surface area contributed by atoms with E-state index in [2.05, 4.69) is 322 Å². The van der Waals surface area contributed by atoms with E-state index in [1.165, 1.54) is 104 Å². The zero-order valence-corrected chi connectivity index (χ0v) is 43.7. The molecule has 0 fully saturated rings. The van der Waals surface area contributed by atoms with E-state index < -0.39 is 0 Å². The zero-order chi connectivity index (χ0) is 52.7. The Morgan fingerprint density at radius 1 is 0.200 bits per heavy atom. The highest BCUT2D eigenvalue weighted by Gasteiger charge is 2.21. The van der Waals surface area contributed by atoms with Gasteiger partial charge in [-0.2, -0.15) is 0 Å². The van der Waals surface area contributed by atoms with Gasteiger partial charge in [0.05, 0.1) is 44.5 Å². The highest BCUT2D eigenvalue weighted by Crippen LogP contribution is 2.44. The predicted octanol–water partition coefficient (Wildman–Crippen LogP) is 20.6. The molecule has 3 aromatic heterocycles. The summed E-state index contributed by atoms with van der Waals surface area (Å²) in [7, 11) is 0. The smallest absolute Gasteiger partial charge is 0.0542 e. The van der Waals surface area contributed by atoms with Crippen molar-refractivity contribution in [1.82, 2.24) is 13.7 Å². The topological polar surface area (TPSA) is 18.0 Å². The van der Waals surface area contributed by atoms with E-state index in [4.69, 9.17) is 0 Å². The van der Waals surface area contributed by atoms with Crippen molar-refractivity contribution in [1.29, 1.82) is 0 Å². The van der Waals surface area contributed by atoms with Crippen molar-refractivity contribution in [2.75, 3.05) is 4.90 Å². The van der Waals surface area contributed by atoms with Gasteiger partial charge in [0, 0.05) is 65.8 Å². The molecule has 0 aliphatic heterocycles. The van der Waals surface area contributed by atoms with Gasteiger partial charge in [0.25, 0.3) is 0 Å². The molecule has 0 aliphatic rings. The molecule has 0 spiro atoms. The summed E-state index contributed by atoms with van der Waals surface area (Å²) in [4.78, 5) is 2.42. The fraction of sp³-hybridized carbons (Fsp3) is 0. The Kier molecular flexibility index (Phi) is 10.5. The van der Waals surface area contributed by atoms with E-state index in [1.807, 2.05) is 0 Å². The molecule has 4 nitrogen and oxygen atoms in total. The Balaban J connectivity index is 0.770. The van der Waals surface area contributed by atoms with Gasteiger partial charge < -0.3 is 18.6 Å². The number of nitrogens with zero attached hydrogens (tertiary/aromatic N) is 4. The van der Waals surface area contributed by atoms with Gasteiger partial charge in [-0.1, -0.05) is 200 Å². The number of aromatic nitrogens is 3. The van der Waals surface area contributed by atoms with E-state index >= 15 is 0 Å². The summed E-state index contributed by atoms with van der Waals surface area (Å²) in [5.74, 6) is 0. The van der Waals surface area contributed by atoms with Gasteiger partial charge in [-0.15, -0.1) is 0 Å². The lowest BCUT2D eigenvalue weighted by molar-refractivity contribution is 1.18. The van der Waals surface area contributed by atoms with Crippen LogP contribution in [0, 0.1) is 0 Å². The quantitative estimate of drug-likeness (QED) is 0.141. The molecule has 0 N–H and O–H groups in total. The maximum Gasteiger partial charge on any atom is 0.0542 e. The van der Waals surface area contributed by atoms with Gasteiger partial charge >= 0.3 is 0 Å². The molecule has 13 aromatic carbocycles. The molecular weight excluding hydrogens is 969 g/mol. The maximum absolute atomic E-state index is 2.44. The third kappa shape index (κ3) is 7.31.